The van der Waals surface area contributed by atoms with Crippen molar-refractivity contribution in [2.45, 2.75) is 26.7 Å². The van der Waals surface area contributed by atoms with E-state index in [0.717, 1.165) is 17.3 Å². The van der Waals surface area contributed by atoms with Gasteiger partial charge in [0.15, 0.2) is 11.0 Å². The molecule has 0 atom stereocenters. The average molecular weight is 491 g/mol. The summed E-state index contributed by atoms with van der Waals surface area (Å²) in [6, 6.07) is 16.8. The number of methoxy groups -OCH3 is 1. The second-order valence-corrected chi connectivity index (χ2v) is 9.19. The van der Waals surface area contributed by atoms with Crippen LogP contribution in [0.1, 0.15) is 36.7 Å². The lowest BCUT2D eigenvalue weighted by atomic mass is 10.0. The first-order chi connectivity index (χ1) is 16.8. The van der Waals surface area contributed by atoms with Crippen molar-refractivity contribution in [1.29, 1.82) is 0 Å². The van der Waals surface area contributed by atoms with Crippen LogP contribution in [0.5, 0.6) is 5.75 Å². The Bertz CT molecular complexity index is 1290. The number of nitrogens with zero attached hydrogens (tertiary/aromatic N) is 3. The van der Waals surface area contributed by atoms with Gasteiger partial charge in [-0.25, -0.2) is 4.99 Å². The number of hydrogen-bond acceptors (Lipinski definition) is 7. The second-order valence-electron chi connectivity index (χ2n) is 8.25. The van der Waals surface area contributed by atoms with Crippen LogP contribution in [0.25, 0.3) is 6.08 Å². The van der Waals surface area contributed by atoms with Crippen LogP contribution >= 0.6 is 11.8 Å². The highest BCUT2D eigenvalue weighted by molar-refractivity contribution is 8.14. The summed E-state index contributed by atoms with van der Waals surface area (Å²) in [6.07, 6.45) is 1.76. The number of anilines is 2. The third kappa shape index (κ3) is 5.81. The number of carbonyl (C=O) groups is 2. The van der Waals surface area contributed by atoms with Crippen molar-refractivity contribution in [3.05, 3.63) is 77.2 Å². The molecule has 2 aromatic carbocycles. The molecule has 2 amide bonds. The third-order valence-electron chi connectivity index (χ3n) is 5.28. The molecule has 0 saturated carbocycles. The molecule has 0 radical (unpaired) electrons. The summed E-state index contributed by atoms with van der Waals surface area (Å²) in [5.41, 5.74) is 2.99. The number of rotatable bonds is 7. The van der Waals surface area contributed by atoms with Crippen LogP contribution in [0.4, 0.5) is 11.5 Å². The SMILES string of the molecule is COc1cccc(N2C(=O)/C(=C\c3ccc(C(C)C)cc3)N=C2SCC(=O)Nc2cc(C)on2)c1. The molecule has 4 rings (SSSR count). The topological polar surface area (TPSA) is 97.0 Å². The Morgan fingerprint density at radius 2 is 1.97 bits per heavy atom. The van der Waals surface area contributed by atoms with Crippen LogP contribution in [0, 0.1) is 6.92 Å². The molecule has 2 heterocycles. The minimum absolute atomic E-state index is 0.0366. The number of carbonyl (C=O) groups excluding carboxylic acids is 2. The number of amidine groups is 1. The van der Waals surface area contributed by atoms with Gasteiger partial charge in [0.2, 0.25) is 5.91 Å². The van der Waals surface area contributed by atoms with Gasteiger partial charge >= 0.3 is 0 Å². The largest absolute Gasteiger partial charge is 0.497 e. The molecule has 0 spiro atoms. The fourth-order valence-electron chi connectivity index (χ4n) is 3.44. The minimum atomic E-state index is -0.286. The maximum absolute atomic E-state index is 13.4. The van der Waals surface area contributed by atoms with Crippen LogP contribution < -0.4 is 15.0 Å². The van der Waals surface area contributed by atoms with Crippen molar-refractivity contribution >= 4 is 46.3 Å². The zero-order valence-electron chi connectivity index (χ0n) is 19.9. The summed E-state index contributed by atoms with van der Waals surface area (Å²) >= 11 is 1.16. The van der Waals surface area contributed by atoms with E-state index in [0.29, 0.717) is 39.8 Å². The van der Waals surface area contributed by atoms with E-state index in [2.05, 4.69) is 29.3 Å². The van der Waals surface area contributed by atoms with E-state index in [4.69, 9.17) is 9.26 Å². The van der Waals surface area contributed by atoms with Crippen molar-refractivity contribution < 1.29 is 18.8 Å². The number of nitrogens with one attached hydrogen (secondary N) is 1. The van der Waals surface area contributed by atoms with Gasteiger partial charge < -0.3 is 14.6 Å². The van der Waals surface area contributed by atoms with Crippen LogP contribution in [-0.2, 0) is 9.59 Å². The molecule has 0 unspecified atom stereocenters. The predicted molar refractivity (Wildman–Crippen MR) is 139 cm³/mol. The highest BCUT2D eigenvalue weighted by Crippen LogP contribution is 2.31. The molecule has 8 nitrogen and oxygen atoms in total. The van der Waals surface area contributed by atoms with E-state index in [1.165, 1.54) is 10.5 Å². The number of aliphatic imine (C=N–C) groups is 1. The first-order valence-corrected chi connectivity index (χ1v) is 12.1. The number of benzene rings is 2. The standard InChI is InChI=1S/C26H26N4O4S/c1-16(2)19-10-8-18(9-11-19)13-22-25(32)30(20-6-5-7-21(14-20)33-4)26(27-22)35-15-24(31)28-23-12-17(3)34-29-23/h5-14,16H,15H2,1-4H3,(H,28,29,31)/b22-13+. The molecule has 1 aliphatic heterocycles. The Balaban J connectivity index is 1.59. The van der Waals surface area contributed by atoms with Crippen LogP contribution in [-0.4, -0.2) is 35.0 Å². The van der Waals surface area contributed by atoms with E-state index in [1.807, 2.05) is 24.3 Å². The number of aromatic nitrogens is 1. The lowest BCUT2D eigenvalue weighted by Gasteiger charge is -2.18. The van der Waals surface area contributed by atoms with E-state index < -0.39 is 0 Å². The third-order valence-corrected chi connectivity index (χ3v) is 6.21. The van der Waals surface area contributed by atoms with E-state index >= 15 is 0 Å². The monoisotopic (exact) mass is 490 g/mol. The smallest absolute Gasteiger partial charge is 0.283 e. The first-order valence-electron chi connectivity index (χ1n) is 11.1. The summed E-state index contributed by atoms with van der Waals surface area (Å²) in [4.78, 5) is 31.9. The van der Waals surface area contributed by atoms with Gasteiger partial charge in [-0.3, -0.25) is 14.5 Å². The van der Waals surface area contributed by atoms with Crippen molar-refractivity contribution in [2.24, 2.45) is 4.99 Å². The quantitative estimate of drug-likeness (QED) is 0.456. The summed E-state index contributed by atoms with van der Waals surface area (Å²) < 4.78 is 10.3. The minimum Gasteiger partial charge on any atom is -0.497 e. The Labute approximate surface area is 208 Å². The molecule has 0 bridgehead atoms. The maximum atomic E-state index is 13.4. The molecule has 9 heteroatoms. The molecule has 1 aliphatic rings. The molecular weight excluding hydrogens is 464 g/mol. The van der Waals surface area contributed by atoms with Gasteiger partial charge in [0, 0.05) is 12.1 Å². The fourth-order valence-corrected chi connectivity index (χ4v) is 4.25. The number of hydrogen-bond donors (Lipinski definition) is 1. The Kier molecular flexibility index (Phi) is 7.36. The zero-order valence-corrected chi connectivity index (χ0v) is 20.8. The molecule has 35 heavy (non-hydrogen) atoms. The molecular formula is C26H26N4O4S. The molecule has 180 valence electrons. The highest BCUT2D eigenvalue weighted by Gasteiger charge is 2.32. The summed E-state index contributed by atoms with van der Waals surface area (Å²) in [5, 5.41) is 6.85. The van der Waals surface area contributed by atoms with Gasteiger partial charge in [-0.2, -0.15) is 0 Å². The number of thioether (sulfide) groups is 1. The predicted octanol–water partition coefficient (Wildman–Crippen LogP) is 5.23. The Morgan fingerprint density at radius 1 is 1.20 bits per heavy atom. The highest BCUT2D eigenvalue weighted by atomic mass is 32.2. The Morgan fingerprint density at radius 3 is 2.63 bits per heavy atom. The molecule has 3 aromatic rings. The lowest BCUT2D eigenvalue weighted by Crippen LogP contribution is -2.31. The van der Waals surface area contributed by atoms with Gasteiger partial charge in [0.05, 0.1) is 18.6 Å². The van der Waals surface area contributed by atoms with E-state index in [-0.39, 0.29) is 17.6 Å². The van der Waals surface area contributed by atoms with Gasteiger partial charge in [0.1, 0.15) is 17.2 Å². The fraction of sp³-hybridized carbons (Fsp3) is 0.231. The zero-order chi connectivity index (χ0) is 24.9. The van der Waals surface area contributed by atoms with Gasteiger partial charge in [-0.05, 0) is 42.2 Å². The van der Waals surface area contributed by atoms with Gasteiger partial charge in [-0.15, -0.1) is 0 Å². The van der Waals surface area contributed by atoms with E-state index in [1.54, 1.807) is 50.4 Å². The average Bonchev–Trinajstić information content (AvgIpc) is 3.40. The first kappa shape index (κ1) is 24.3. The summed E-state index contributed by atoms with van der Waals surface area (Å²) in [6.45, 7) is 6.01. The molecule has 0 aliphatic carbocycles. The molecule has 1 aromatic heterocycles. The number of amides is 2. The Hall–Kier alpha value is -3.85. The molecule has 1 N–H and O–H groups in total. The number of aryl methyl sites for hydroxylation is 1. The van der Waals surface area contributed by atoms with Crippen molar-refractivity contribution in [3.8, 4) is 5.75 Å². The maximum Gasteiger partial charge on any atom is 0.283 e. The van der Waals surface area contributed by atoms with Crippen molar-refractivity contribution in [2.75, 3.05) is 23.1 Å². The normalized spacial score (nSPS) is 14.5. The summed E-state index contributed by atoms with van der Waals surface area (Å²) in [5.74, 6) is 1.44. The van der Waals surface area contributed by atoms with Gasteiger partial charge in [-0.1, -0.05) is 61.1 Å². The number of ether oxygens (including phenoxy) is 1. The van der Waals surface area contributed by atoms with Gasteiger partial charge in [0.25, 0.3) is 5.91 Å². The second kappa shape index (κ2) is 10.6. The van der Waals surface area contributed by atoms with Crippen molar-refractivity contribution in [1.82, 2.24) is 5.16 Å². The summed E-state index contributed by atoms with van der Waals surface area (Å²) in [7, 11) is 1.57. The van der Waals surface area contributed by atoms with Crippen LogP contribution in [0.15, 0.2) is 69.8 Å². The van der Waals surface area contributed by atoms with E-state index in [9.17, 15) is 9.59 Å². The van der Waals surface area contributed by atoms with Crippen molar-refractivity contribution in [3.63, 3.8) is 0 Å². The van der Waals surface area contributed by atoms with Crippen LogP contribution in [0.2, 0.25) is 0 Å². The molecule has 0 fully saturated rings. The van der Waals surface area contributed by atoms with Crippen LogP contribution in [0.3, 0.4) is 0 Å². The lowest BCUT2D eigenvalue weighted by molar-refractivity contribution is -0.114. The molecule has 0 saturated heterocycles.